The smallest absolute Gasteiger partial charge is 0.218 e. The summed E-state index contributed by atoms with van der Waals surface area (Å²) in [6.45, 7) is 1.32. The number of nitrogens with zero attached hydrogens (tertiary/aromatic N) is 3. The molecule has 0 aliphatic carbocycles. The summed E-state index contributed by atoms with van der Waals surface area (Å²) in [5.41, 5.74) is 1.28. The van der Waals surface area contributed by atoms with Gasteiger partial charge in [-0.3, -0.25) is 4.79 Å². The molecule has 6 heteroatoms. The van der Waals surface area contributed by atoms with E-state index in [0.29, 0.717) is 29.3 Å². The number of hydrogen-bond donors (Lipinski definition) is 0. The molecule has 0 atom stereocenters. The average Bonchev–Trinajstić information content (AvgIpc) is 2.79. The lowest BCUT2D eigenvalue weighted by Crippen LogP contribution is -2.25. The zero-order valence-corrected chi connectivity index (χ0v) is 11.3. The molecule has 1 aliphatic heterocycles. The number of Topliss-reactive ketones (excluding diaryl/α,β-unsaturated/α-hetero) is 1. The van der Waals surface area contributed by atoms with Crippen LogP contribution in [-0.2, 0) is 4.74 Å². The van der Waals surface area contributed by atoms with Crippen LogP contribution in [0.1, 0.15) is 23.3 Å². The van der Waals surface area contributed by atoms with Gasteiger partial charge in [-0.05, 0) is 40.9 Å². The van der Waals surface area contributed by atoms with Gasteiger partial charge in [0, 0.05) is 19.1 Å². The third-order valence-electron chi connectivity index (χ3n) is 3.18. The molecule has 18 heavy (non-hydrogen) atoms. The van der Waals surface area contributed by atoms with Gasteiger partial charge >= 0.3 is 0 Å². The van der Waals surface area contributed by atoms with Crippen LogP contribution in [-0.4, -0.2) is 33.6 Å². The Hall–Kier alpha value is -1.27. The second kappa shape index (κ2) is 4.78. The summed E-state index contributed by atoms with van der Waals surface area (Å²) < 4.78 is 7.38. The summed E-state index contributed by atoms with van der Waals surface area (Å²) in [5.74, 6) is 0.161. The lowest BCUT2D eigenvalue weighted by atomic mass is 9.93. The fourth-order valence-electron chi connectivity index (χ4n) is 2.23. The maximum absolute atomic E-state index is 12.5. The first-order chi connectivity index (χ1) is 8.75. The van der Waals surface area contributed by atoms with Gasteiger partial charge in [0.2, 0.25) is 4.73 Å². The van der Waals surface area contributed by atoms with Gasteiger partial charge in [-0.1, -0.05) is 6.07 Å². The molecular weight excluding hydrogens is 298 g/mol. The van der Waals surface area contributed by atoms with Crippen molar-refractivity contribution in [2.24, 2.45) is 5.92 Å². The molecule has 94 valence electrons. The maximum Gasteiger partial charge on any atom is 0.218 e. The molecule has 0 bridgehead atoms. The highest BCUT2D eigenvalue weighted by Gasteiger charge is 2.25. The number of carbonyl (C=O) groups excluding carboxylic acids is 1. The van der Waals surface area contributed by atoms with Crippen LogP contribution < -0.4 is 0 Å². The molecule has 2 aromatic rings. The number of ketones is 1. The Morgan fingerprint density at radius 2 is 2.17 bits per heavy atom. The van der Waals surface area contributed by atoms with Gasteiger partial charge in [0.1, 0.15) is 5.69 Å². The Labute approximate surface area is 112 Å². The Kier molecular flexibility index (Phi) is 3.13. The summed E-state index contributed by atoms with van der Waals surface area (Å²) in [5, 5.41) is 4.20. The molecule has 3 heterocycles. The van der Waals surface area contributed by atoms with E-state index in [1.165, 1.54) is 0 Å². The van der Waals surface area contributed by atoms with Crippen molar-refractivity contribution in [3.8, 4) is 0 Å². The van der Waals surface area contributed by atoms with E-state index in [2.05, 4.69) is 26.0 Å². The van der Waals surface area contributed by atoms with Crippen molar-refractivity contribution in [3.05, 3.63) is 28.6 Å². The molecule has 0 unspecified atom stereocenters. The Bertz CT molecular complexity index is 590. The van der Waals surface area contributed by atoms with Crippen LogP contribution >= 0.6 is 15.9 Å². The van der Waals surface area contributed by atoms with Crippen molar-refractivity contribution in [2.75, 3.05) is 13.2 Å². The van der Waals surface area contributed by atoms with E-state index in [9.17, 15) is 4.79 Å². The minimum atomic E-state index is 0.0346. The molecule has 0 aromatic carbocycles. The van der Waals surface area contributed by atoms with Crippen LogP contribution in [0.4, 0.5) is 0 Å². The SMILES string of the molecule is O=C(c1cccc2nc(Br)nn12)C1CCOCC1. The van der Waals surface area contributed by atoms with Crippen molar-refractivity contribution < 1.29 is 9.53 Å². The first kappa shape index (κ1) is 11.8. The number of fused-ring (bicyclic) bond motifs is 1. The number of halogens is 1. The number of carbonyl (C=O) groups is 1. The van der Waals surface area contributed by atoms with Gasteiger partial charge in [-0.15, -0.1) is 5.10 Å². The minimum Gasteiger partial charge on any atom is -0.381 e. The fourth-order valence-corrected chi connectivity index (χ4v) is 2.57. The van der Waals surface area contributed by atoms with E-state index in [0.717, 1.165) is 12.8 Å². The van der Waals surface area contributed by atoms with Gasteiger partial charge in [0.15, 0.2) is 11.4 Å². The number of aromatic nitrogens is 3. The predicted molar refractivity (Wildman–Crippen MR) is 68.6 cm³/mol. The van der Waals surface area contributed by atoms with Crippen LogP contribution in [0.3, 0.4) is 0 Å². The molecule has 1 aliphatic rings. The predicted octanol–water partition coefficient (Wildman–Crippen LogP) is 2.10. The zero-order chi connectivity index (χ0) is 12.5. The van der Waals surface area contributed by atoms with Crippen LogP contribution in [0.2, 0.25) is 0 Å². The lowest BCUT2D eigenvalue weighted by molar-refractivity contribution is 0.0540. The maximum atomic E-state index is 12.5. The van der Waals surface area contributed by atoms with Crippen LogP contribution in [0.15, 0.2) is 22.9 Å². The summed E-state index contributed by atoms with van der Waals surface area (Å²) in [7, 11) is 0. The second-order valence-corrected chi connectivity index (χ2v) is 5.02. The van der Waals surface area contributed by atoms with E-state index in [-0.39, 0.29) is 11.7 Å². The monoisotopic (exact) mass is 309 g/mol. The number of rotatable bonds is 2. The van der Waals surface area contributed by atoms with E-state index >= 15 is 0 Å². The Balaban J connectivity index is 2.00. The molecule has 3 rings (SSSR count). The molecule has 2 aromatic heterocycles. The minimum absolute atomic E-state index is 0.0346. The molecule has 1 fully saturated rings. The van der Waals surface area contributed by atoms with E-state index in [4.69, 9.17) is 4.74 Å². The summed E-state index contributed by atoms with van der Waals surface area (Å²) in [6.07, 6.45) is 1.57. The quantitative estimate of drug-likeness (QED) is 0.797. The molecule has 0 amide bonds. The van der Waals surface area contributed by atoms with E-state index < -0.39 is 0 Å². The van der Waals surface area contributed by atoms with Crippen LogP contribution in [0.5, 0.6) is 0 Å². The third kappa shape index (κ3) is 2.06. The van der Waals surface area contributed by atoms with Crippen LogP contribution in [0.25, 0.3) is 5.65 Å². The topological polar surface area (TPSA) is 56.5 Å². The number of ether oxygens (including phenoxy) is 1. The zero-order valence-electron chi connectivity index (χ0n) is 9.67. The Morgan fingerprint density at radius 1 is 1.39 bits per heavy atom. The first-order valence-electron chi connectivity index (χ1n) is 5.89. The third-order valence-corrected chi connectivity index (χ3v) is 3.51. The normalized spacial score (nSPS) is 17.2. The molecule has 0 N–H and O–H groups in total. The van der Waals surface area contributed by atoms with Gasteiger partial charge in [0.25, 0.3) is 0 Å². The number of pyridine rings is 1. The van der Waals surface area contributed by atoms with Gasteiger partial charge in [-0.2, -0.15) is 0 Å². The van der Waals surface area contributed by atoms with Crippen molar-refractivity contribution in [1.82, 2.24) is 14.6 Å². The molecule has 0 saturated carbocycles. The van der Waals surface area contributed by atoms with Crippen molar-refractivity contribution >= 4 is 27.4 Å². The van der Waals surface area contributed by atoms with Crippen molar-refractivity contribution in [3.63, 3.8) is 0 Å². The second-order valence-electron chi connectivity index (χ2n) is 4.31. The van der Waals surface area contributed by atoms with Crippen LogP contribution in [0, 0.1) is 5.92 Å². The van der Waals surface area contributed by atoms with Gasteiger partial charge < -0.3 is 4.74 Å². The highest BCUT2D eigenvalue weighted by atomic mass is 79.9. The van der Waals surface area contributed by atoms with Gasteiger partial charge in [-0.25, -0.2) is 9.50 Å². The van der Waals surface area contributed by atoms with Gasteiger partial charge in [0.05, 0.1) is 0 Å². The van der Waals surface area contributed by atoms with E-state index in [1.807, 2.05) is 12.1 Å². The first-order valence-corrected chi connectivity index (χ1v) is 6.68. The molecule has 0 spiro atoms. The average molecular weight is 310 g/mol. The molecule has 1 saturated heterocycles. The molecule has 0 radical (unpaired) electrons. The summed E-state index contributed by atoms with van der Waals surface area (Å²) >= 11 is 3.23. The highest BCUT2D eigenvalue weighted by molar-refractivity contribution is 9.10. The number of hydrogen-bond acceptors (Lipinski definition) is 4. The standard InChI is InChI=1S/C12H12BrN3O2/c13-12-14-10-3-1-2-9(16(10)15-12)11(17)8-4-6-18-7-5-8/h1-3,8H,4-7H2. The van der Waals surface area contributed by atoms with Crippen molar-refractivity contribution in [1.29, 1.82) is 0 Å². The lowest BCUT2D eigenvalue weighted by Gasteiger charge is -2.20. The fraction of sp³-hybridized carbons (Fsp3) is 0.417. The van der Waals surface area contributed by atoms with E-state index in [1.54, 1.807) is 10.6 Å². The highest BCUT2D eigenvalue weighted by Crippen LogP contribution is 2.21. The molecule has 5 nitrogen and oxygen atoms in total. The summed E-state index contributed by atoms with van der Waals surface area (Å²) in [4.78, 5) is 16.7. The summed E-state index contributed by atoms with van der Waals surface area (Å²) in [6, 6.07) is 5.47. The Morgan fingerprint density at radius 3 is 2.94 bits per heavy atom. The van der Waals surface area contributed by atoms with Crippen molar-refractivity contribution in [2.45, 2.75) is 12.8 Å². The molecular formula is C12H12BrN3O2. The largest absolute Gasteiger partial charge is 0.381 e.